The lowest BCUT2D eigenvalue weighted by Crippen LogP contribution is -2.44. The quantitative estimate of drug-likeness (QED) is 0.0659. The molecular weight excluding hydrogens is 809 g/mol. The number of para-hydroxylation sites is 1. The summed E-state index contributed by atoms with van der Waals surface area (Å²) in [5.74, 6) is -0.267. The number of amides is 1. The number of hydrogen-bond acceptors (Lipinski definition) is 12. The molecule has 0 spiro atoms. The Balaban J connectivity index is 0.975. The number of aromatic nitrogens is 2. The zero-order valence-electron chi connectivity index (χ0n) is 34.1. The molecule has 3 aliphatic heterocycles. The van der Waals surface area contributed by atoms with E-state index in [4.69, 9.17) is 9.47 Å². The molecule has 62 heavy (non-hydrogen) atoms. The Morgan fingerprint density at radius 1 is 0.919 bits per heavy atom. The van der Waals surface area contributed by atoms with Crippen molar-refractivity contribution in [3.8, 4) is 22.6 Å². The van der Waals surface area contributed by atoms with Crippen molar-refractivity contribution in [1.29, 1.82) is 0 Å². The van der Waals surface area contributed by atoms with Gasteiger partial charge in [-0.3, -0.25) is 14.9 Å². The molecule has 16 heteroatoms. The number of carbonyl (C=O) groups excluding carboxylic acids is 1. The second-order valence-electron chi connectivity index (χ2n) is 15.9. The van der Waals surface area contributed by atoms with Crippen LogP contribution in [0.25, 0.3) is 22.2 Å². The monoisotopic (exact) mass is 856 g/mol. The summed E-state index contributed by atoms with van der Waals surface area (Å²) in [5, 5.41) is 19.4. The summed E-state index contributed by atoms with van der Waals surface area (Å²) >= 11 is 0. The largest absolute Gasteiger partial charge is 0.455 e. The average molecular weight is 857 g/mol. The van der Waals surface area contributed by atoms with Crippen LogP contribution in [0.2, 0.25) is 0 Å². The molecule has 0 aliphatic carbocycles. The first-order valence-corrected chi connectivity index (χ1v) is 22.5. The molecule has 4 N–H and O–H groups in total. The Morgan fingerprint density at radius 3 is 2.52 bits per heavy atom. The third kappa shape index (κ3) is 8.80. The van der Waals surface area contributed by atoms with Crippen LogP contribution >= 0.6 is 0 Å². The summed E-state index contributed by atoms with van der Waals surface area (Å²) < 4.78 is 41.2. The summed E-state index contributed by atoms with van der Waals surface area (Å²) in [7, 11) is -4.57. The number of fused-ring (bicyclic) bond motifs is 1. The predicted molar refractivity (Wildman–Crippen MR) is 239 cm³/mol. The van der Waals surface area contributed by atoms with Gasteiger partial charge in [0, 0.05) is 81.5 Å². The number of benzene rings is 4. The number of pyridine rings is 1. The number of carbonyl (C=O) groups is 1. The molecule has 3 fully saturated rings. The van der Waals surface area contributed by atoms with Crippen molar-refractivity contribution in [3.05, 3.63) is 131 Å². The SMILES string of the molecule is O=C(NS(=O)(=O)c1ccc(NCC2CCOCC2)c([N+](=O)[O-])c1)c1ccc(-c2ccc(N3CCCC3c3ccccc3N3CCNCC3)cc2)cc1Oc1cnc2[nH]ccc2c1. The molecule has 1 atom stereocenters. The van der Waals surface area contributed by atoms with E-state index in [1.54, 1.807) is 24.4 Å². The Morgan fingerprint density at radius 2 is 1.71 bits per heavy atom. The van der Waals surface area contributed by atoms with Crippen molar-refractivity contribution in [2.75, 3.05) is 67.6 Å². The highest BCUT2D eigenvalue weighted by Gasteiger charge is 2.30. The molecular formula is C46H48N8O7S. The van der Waals surface area contributed by atoms with Crippen molar-refractivity contribution in [2.45, 2.75) is 36.6 Å². The topological polar surface area (TPSA) is 184 Å². The van der Waals surface area contributed by atoms with Crippen LogP contribution in [0.5, 0.6) is 11.5 Å². The van der Waals surface area contributed by atoms with Gasteiger partial charge in [-0.05, 0) is 103 Å². The van der Waals surface area contributed by atoms with Gasteiger partial charge in [-0.2, -0.15) is 0 Å². The summed E-state index contributed by atoms with van der Waals surface area (Å²) in [5.41, 5.74) is 5.72. The van der Waals surface area contributed by atoms with E-state index >= 15 is 0 Å². The number of nitrogens with zero attached hydrogens (tertiary/aromatic N) is 4. The summed E-state index contributed by atoms with van der Waals surface area (Å²) in [4.78, 5) is 37.4. The van der Waals surface area contributed by atoms with Gasteiger partial charge in [-0.15, -0.1) is 0 Å². The summed E-state index contributed by atoms with van der Waals surface area (Å²) in [6.45, 7) is 6.57. The number of anilines is 3. The number of nitro benzene ring substituents is 1. The fourth-order valence-corrected chi connectivity index (χ4v) is 9.69. The summed E-state index contributed by atoms with van der Waals surface area (Å²) in [6, 6.07) is 29.4. The molecule has 320 valence electrons. The maximum atomic E-state index is 13.9. The number of nitrogens with one attached hydrogen (secondary N) is 4. The number of rotatable bonds is 13. The van der Waals surface area contributed by atoms with Crippen LogP contribution in [0, 0.1) is 16.0 Å². The number of piperazine rings is 1. The Labute approximate surface area is 359 Å². The zero-order chi connectivity index (χ0) is 42.6. The van der Waals surface area contributed by atoms with E-state index in [1.165, 1.54) is 35.6 Å². The number of sulfonamides is 1. The molecule has 15 nitrogen and oxygen atoms in total. The molecule has 2 aromatic heterocycles. The van der Waals surface area contributed by atoms with Gasteiger partial charge < -0.3 is 34.9 Å². The van der Waals surface area contributed by atoms with Crippen LogP contribution in [-0.4, -0.2) is 81.7 Å². The van der Waals surface area contributed by atoms with Crippen molar-refractivity contribution >= 4 is 49.7 Å². The highest BCUT2D eigenvalue weighted by Crippen LogP contribution is 2.41. The molecule has 0 saturated carbocycles. The smallest absolute Gasteiger partial charge is 0.293 e. The number of nitro groups is 1. The van der Waals surface area contributed by atoms with E-state index in [-0.39, 0.29) is 29.0 Å². The number of hydrogen-bond donors (Lipinski definition) is 4. The number of H-pyrrole nitrogens is 1. The molecule has 4 aromatic carbocycles. The van der Waals surface area contributed by atoms with E-state index in [2.05, 4.69) is 71.5 Å². The zero-order valence-corrected chi connectivity index (χ0v) is 34.9. The van der Waals surface area contributed by atoms with Crippen LogP contribution in [0.4, 0.5) is 22.7 Å². The van der Waals surface area contributed by atoms with E-state index < -0.39 is 31.4 Å². The average Bonchev–Trinajstić information content (AvgIpc) is 3.99. The van der Waals surface area contributed by atoms with Crippen molar-refractivity contribution in [1.82, 2.24) is 20.0 Å². The molecule has 3 saturated heterocycles. The van der Waals surface area contributed by atoms with Gasteiger partial charge in [0.1, 0.15) is 22.8 Å². The van der Waals surface area contributed by atoms with Crippen LogP contribution in [-0.2, 0) is 14.8 Å². The third-order valence-electron chi connectivity index (χ3n) is 12.0. The number of ether oxygens (including phenoxy) is 2. The predicted octanol–water partition coefficient (Wildman–Crippen LogP) is 7.64. The molecule has 5 heterocycles. The summed E-state index contributed by atoms with van der Waals surface area (Å²) in [6.07, 6.45) is 7.06. The second-order valence-corrected chi connectivity index (χ2v) is 17.6. The second kappa shape index (κ2) is 17.8. The molecule has 0 bridgehead atoms. The van der Waals surface area contributed by atoms with E-state index in [9.17, 15) is 23.3 Å². The Kier molecular flexibility index (Phi) is 11.8. The van der Waals surface area contributed by atoms with Gasteiger partial charge in [0.15, 0.2) is 0 Å². The minimum absolute atomic E-state index is 0.0598. The molecule has 1 amide bonds. The van der Waals surface area contributed by atoms with Crippen LogP contribution in [0.15, 0.2) is 114 Å². The first-order valence-electron chi connectivity index (χ1n) is 21.0. The highest BCUT2D eigenvalue weighted by atomic mass is 32.2. The van der Waals surface area contributed by atoms with Gasteiger partial charge in [-0.1, -0.05) is 36.4 Å². The van der Waals surface area contributed by atoms with Gasteiger partial charge in [-0.25, -0.2) is 18.1 Å². The van der Waals surface area contributed by atoms with Crippen LogP contribution < -0.4 is 29.9 Å². The standard InChI is InChI=1S/C46H48N8O7S/c55-46(51-62(58,59)37-12-14-40(43(28-37)54(56)57)49-29-31-16-24-60-25-17-31)39-13-9-33(27-44(39)61-36-26-34-15-18-48-45(34)50-30-36)32-7-10-35(11-8-32)53-21-3-6-42(53)38-4-1-2-5-41(38)52-22-19-47-20-23-52/h1-2,4-5,7-15,18,26-28,30-31,42,47,49H,3,6,16-17,19-25,29H2,(H,48,50)(H,51,55). The first kappa shape index (κ1) is 40.9. The lowest BCUT2D eigenvalue weighted by Gasteiger charge is -2.35. The lowest BCUT2D eigenvalue weighted by atomic mass is 9.99. The van der Waals surface area contributed by atoms with Gasteiger partial charge in [0.05, 0.1) is 27.6 Å². The maximum absolute atomic E-state index is 13.9. The first-order chi connectivity index (χ1) is 30.2. The number of aromatic amines is 1. The van der Waals surface area contributed by atoms with E-state index in [0.29, 0.717) is 31.2 Å². The van der Waals surface area contributed by atoms with Crippen molar-refractivity contribution in [2.24, 2.45) is 5.92 Å². The highest BCUT2D eigenvalue weighted by molar-refractivity contribution is 7.90. The van der Waals surface area contributed by atoms with Crippen molar-refractivity contribution < 1.29 is 27.6 Å². The van der Waals surface area contributed by atoms with E-state index in [1.807, 2.05) is 18.2 Å². The van der Waals surface area contributed by atoms with Gasteiger partial charge in [0.25, 0.3) is 21.6 Å². The third-order valence-corrected chi connectivity index (χ3v) is 13.3. The molecule has 1 unspecified atom stereocenters. The normalized spacial score (nSPS) is 17.3. The molecule has 6 aromatic rings. The minimum atomic E-state index is -4.57. The van der Waals surface area contributed by atoms with Gasteiger partial charge in [0.2, 0.25) is 0 Å². The fourth-order valence-electron chi connectivity index (χ4n) is 8.70. The van der Waals surface area contributed by atoms with Crippen LogP contribution in [0.3, 0.4) is 0 Å². The fraction of sp³-hybridized carbons (Fsp3) is 0.304. The van der Waals surface area contributed by atoms with Gasteiger partial charge >= 0.3 is 0 Å². The van der Waals surface area contributed by atoms with E-state index in [0.717, 1.165) is 86.7 Å². The Hall–Kier alpha value is -6.49. The minimum Gasteiger partial charge on any atom is -0.455 e. The van der Waals surface area contributed by atoms with Crippen LogP contribution in [0.1, 0.15) is 47.6 Å². The lowest BCUT2D eigenvalue weighted by molar-refractivity contribution is -0.384. The Bertz CT molecular complexity index is 2700. The molecule has 3 aliphatic rings. The molecule has 0 radical (unpaired) electrons. The maximum Gasteiger partial charge on any atom is 0.293 e. The molecule has 9 rings (SSSR count). The van der Waals surface area contributed by atoms with Crippen molar-refractivity contribution in [3.63, 3.8) is 0 Å².